The first kappa shape index (κ1) is 45.9. The average Bonchev–Trinajstić information content (AvgIpc) is 3.81. The van der Waals surface area contributed by atoms with Gasteiger partial charge >= 0.3 is 29.8 Å². The summed E-state index contributed by atoms with van der Waals surface area (Å²) in [6.45, 7) is 15.3. The number of aliphatic hydroxyl groups is 1. The highest BCUT2D eigenvalue weighted by atomic mass is 16.6. The predicted molar refractivity (Wildman–Crippen MR) is 230 cm³/mol. The van der Waals surface area contributed by atoms with E-state index in [2.05, 4.69) is 6.92 Å². The molecule has 9 saturated carbocycles. The molecule has 1 N–H and O–H groups in total. The van der Waals surface area contributed by atoms with Crippen LogP contribution in [0.25, 0.3) is 0 Å². The minimum atomic E-state index is -1.53. The lowest BCUT2D eigenvalue weighted by Crippen LogP contribution is -2.61. The third kappa shape index (κ3) is 8.37. The van der Waals surface area contributed by atoms with Crippen LogP contribution in [-0.4, -0.2) is 70.1 Å². The van der Waals surface area contributed by atoms with Gasteiger partial charge in [0.05, 0.1) is 33.9 Å². The Morgan fingerprint density at radius 2 is 1.27 bits per heavy atom. The maximum absolute atomic E-state index is 15.2. The molecule has 1 heterocycles. The zero-order valence-corrected chi connectivity index (χ0v) is 39.3. The molecule has 8 bridgehead atoms. The van der Waals surface area contributed by atoms with Gasteiger partial charge in [0.2, 0.25) is 6.10 Å². The summed E-state index contributed by atoms with van der Waals surface area (Å²) >= 11 is 0. The third-order valence-electron chi connectivity index (χ3n) is 18.3. The molecular formula is C51H78O11. The van der Waals surface area contributed by atoms with Gasteiger partial charge in [0, 0.05) is 18.8 Å². The molecule has 10 aliphatic rings. The van der Waals surface area contributed by atoms with E-state index in [1.54, 1.807) is 20.8 Å². The van der Waals surface area contributed by atoms with Gasteiger partial charge in [-0.1, -0.05) is 20.8 Å². The summed E-state index contributed by atoms with van der Waals surface area (Å²) in [5, 5.41) is 11.5. The molecule has 0 aromatic heterocycles. The molecule has 11 nitrogen and oxygen atoms in total. The topological polar surface area (TPSA) is 152 Å². The summed E-state index contributed by atoms with van der Waals surface area (Å²) in [7, 11) is 0. The summed E-state index contributed by atoms with van der Waals surface area (Å²) in [4.78, 5) is 72.5. The van der Waals surface area contributed by atoms with E-state index in [9.17, 15) is 19.5 Å². The lowest BCUT2D eigenvalue weighted by Gasteiger charge is -2.60. The summed E-state index contributed by atoms with van der Waals surface area (Å²) in [6, 6.07) is 0. The van der Waals surface area contributed by atoms with Crippen LogP contribution in [0.15, 0.2) is 0 Å². The van der Waals surface area contributed by atoms with Crippen LogP contribution < -0.4 is 0 Å². The normalized spacial score (nSPS) is 39.3. The molecule has 10 fully saturated rings. The van der Waals surface area contributed by atoms with Crippen molar-refractivity contribution < 1.29 is 52.8 Å². The zero-order valence-electron chi connectivity index (χ0n) is 39.3. The van der Waals surface area contributed by atoms with Gasteiger partial charge in [-0.3, -0.25) is 19.2 Å². The summed E-state index contributed by atoms with van der Waals surface area (Å²) in [6.07, 6.45) is 14.1. The fraction of sp³-hybridized carbons (Fsp3) is 0.902. The van der Waals surface area contributed by atoms with Crippen molar-refractivity contribution in [3.05, 3.63) is 0 Å². The van der Waals surface area contributed by atoms with E-state index in [1.807, 2.05) is 27.7 Å². The lowest BCUT2D eigenvalue weighted by molar-refractivity contribution is -0.226. The molecule has 0 radical (unpaired) electrons. The summed E-state index contributed by atoms with van der Waals surface area (Å²) in [5.41, 5.74) is -8.06. The van der Waals surface area contributed by atoms with Gasteiger partial charge < -0.3 is 28.8 Å². The standard InChI is InChI=1S/C51H78O11/c1-9-37-36-20-32-18-33(21-36)27-51(37,26-32)62-42(55)45(6,10-2)29-47(8,43(56)61-49(11-3)15-12-13-16-49)30-46(7,41(54)59-38-14-17-58-39(38)52)28-44(4,5)40(53)60-50-24-34-19-35(25-50)23-48(57,22-34)31-50/h32-38,57H,9-31H2,1-8H3. The SMILES string of the molecule is CCC1C2CC3CC(C2)CC1(OC(=O)C(C)(CC)CC(C)(CC(C)(CC(C)(C)C(=O)OC12CC4CC(CC(O)(C4)C1)C2)C(=O)OC1CCOC1=O)C(=O)OC1(CC)CCCC1)C3. The first-order chi connectivity index (χ1) is 29.0. The van der Waals surface area contributed by atoms with Crippen LogP contribution in [0.2, 0.25) is 0 Å². The van der Waals surface area contributed by atoms with Gasteiger partial charge in [-0.2, -0.15) is 0 Å². The number of carbonyl (C=O) groups excluding carboxylic acids is 5. The molecule has 62 heavy (non-hydrogen) atoms. The van der Waals surface area contributed by atoms with E-state index < -0.39 is 74.0 Å². The fourth-order valence-electron chi connectivity index (χ4n) is 16.1. The maximum atomic E-state index is 15.2. The Bertz CT molecular complexity index is 1750. The molecule has 9 aliphatic carbocycles. The van der Waals surface area contributed by atoms with Crippen molar-refractivity contribution >= 4 is 29.8 Å². The Balaban J connectivity index is 1.11. The highest BCUT2D eigenvalue weighted by Gasteiger charge is 2.63. The van der Waals surface area contributed by atoms with Crippen LogP contribution in [0, 0.1) is 57.2 Å². The molecule has 348 valence electrons. The van der Waals surface area contributed by atoms with Crippen molar-refractivity contribution in [2.45, 2.75) is 225 Å². The van der Waals surface area contributed by atoms with E-state index >= 15 is 9.59 Å². The Morgan fingerprint density at radius 1 is 0.694 bits per heavy atom. The first-order valence-corrected chi connectivity index (χ1v) is 24.8. The number of hydrogen-bond donors (Lipinski definition) is 1. The molecule has 0 spiro atoms. The molecule has 0 amide bonds. The fourth-order valence-corrected chi connectivity index (χ4v) is 16.1. The highest BCUT2D eigenvalue weighted by molar-refractivity contribution is 5.86. The Labute approximate surface area is 370 Å². The second kappa shape index (κ2) is 16.0. The zero-order chi connectivity index (χ0) is 44.7. The number of esters is 5. The molecular weight excluding hydrogens is 789 g/mol. The van der Waals surface area contributed by atoms with Crippen molar-refractivity contribution in [3.63, 3.8) is 0 Å². The molecule has 0 aromatic rings. The van der Waals surface area contributed by atoms with Crippen molar-refractivity contribution in [2.75, 3.05) is 6.61 Å². The molecule has 10 rings (SSSR count). The van der Waals surface area contributed by atoms with Gasteiger partial charge in [0.25, 0.3) is 0 Å². The molecule has 11 heteroatoms. The van der Waals surface area contributed by atoms with E-state index in [-0.39, 0.29) is 38.3 Å². The van der Waals surface area contributed by atoms with Gasteiger partial charge in [0.1, 0.15) is 16.8 Å². The number of cyclic esters (lactones) is 1. The van der Waals surface area contributed by atoms with Crippen LogP contribution in [0.3, 0.4) is 0 Å². The number of rotatable bonds is 17. The average molecular weight is 867 g/mol. The van der Waals surface area contributed by atoms with Crippen molar-refractivity contribution in [1.82, 2.24) is 0 Å². The summed E-state index contributed by atoms with van der Waals surface area (Å²) < 4.78 is 31.3. The number of carbonyl (C=O) groups is 5. The Morgan fingerprint density at radius 3 is 1.82 bits per heavy atom. The van der Waals surface area contributed by atoms with E-state index in [0.717, 1.165) is 64.2 Å². The molecule has 1 saturated heterocycles. The van der Waals surface area contributed by atoms with E-state index in [1.165, 1.54) is 19.3 Å². The second-order valence-corrected chi connectivity index (χ2v) is 24.3. The van der Waals surface area contributed by atoms with Gasteiger partial charge in [-0.15, -0.1) is 0 Å². The van der Waals surface area contributed by atoms with Crippen LogP contribution in [0.1, 0.15) is 197 Å². The smallest absolute Gasteiger partial charge is 0.347 e. The minimum absolute atomic E-state index is 0.0564. The molecule has 1 aliphatic heterocycles. The van der Waals surface area contributed by atoms with Crippen LogP contribution in [0.4, 0.5) is 0 Å². The molecule has 0 aromatic carbocycles. The third-order valence-corrected chi connectivity index (χ3v) is 18.3. The van der Waals surface area contributed by atoms with Gasteiger partial charge in [-0.05, 0) is 193 Å². The number of ether oxygens (including phenoxy) is 5. The quantitative estimate of drug-likeness (QED) is 0.110. The van der Waals surface area contributed by atoms with Crippen molar-refractivity contribution in [3.8, 4) is 0 Å². The largest absolute Gasteiger partial charge is 0.463 e. The van der Waals surface area contributed by atoms with Gasteiger partial charge in [0.15, 0.2) is 0 Å². The van der Waals surface area contributed by atoms with Gasteiger partial charge in [-0.25, -0.2) is 4.79 Å². The predicted octanol–water partition coefficient (Wildman–Crippen LogP) is 9.51. The Hall–Kier alpha value is -2.69. The van der Waals surface area contributed by atoms with Crippen LogP contribution in [0.5, 0.6) is 0 Å². The monoisotopic (exact) mass is 867 g/mol. The number of hydrogen-bond acceptors (Lipinski definition) is 11. The lowest BCUT2D eigenvalue weighted by atomic mass is 9.49. The molecule has 9 unspecified atom stereocenters. The minimum Gasteiger partial charge on any atom is -0.463 e. The Kier molecular flexibility index (Phi) is 11.9. The van der Waals surface area contributed by atoms with E-state index in [4.69, 9.17) is 23.7 Å². The van der Waals surface area contributed by atoms with Crippen LogP contribution >= 0.6 is 0 Å². The molecule has 9 atom stereocenters. The van der Waals surface area contributed by atoms with E-state index in [0.29, 0.717) is 67.6 Å². The summed E-state index contributed by atoms with van der Waals surface area (Å²) in [5.74, 6) is 0.0439. The second-order valence-electron chi connectivity index (χ2n) is 24.3. The maximum Gasteiger partial charge on any atom is 0.347 e. The van der Waals surface area contributed by atoms with Crippen molar-refractivity contribution in [2.24, 2.45) is 57.2 Å². The highest BCUT2D eigenvalue weighted by Crippen LogP contribution is 2.63. The van der Waals surface area contributed by atoms with Crippen LogP contribution in [-0.2, 0) is 47.7 Å². The van der Waals surface area contributed by atoms with Crippen molar-refractivity contribution in [1.29, 1.82) is 0 Å². The first-order valence-electron chi connectivity index (χ1n) is 24.8.